The summed E-state index contributed by atoms with van der Waals surface area (Å²) in [6, 6.07) is 0.528. The third-order valence-corrected chi connectivity index (χ3v) is 2.80. The second-order valence-corrected chi connectivity index (χ2v) is 3.54. The van der Waals surface area contributed by atoms with E-state index in [-0.39, 0.29) is 0 Å². The van der Waals surface area contributed by atoms with Gasteiger partial charge in [0.25, 0.3) is 0 Å². The van der Waals surface area contributed by atoms with Crippen LogP contribution in [0.2, 0.25) is 0 Å². The summed E-state index contributed by atoms with van der Waals surface area (Å²) in [5.74, 6) is 1.79. The van der Waals surface area contributed by atoms with E-state index in [4.69, 9.17) is 5.73 Å². The fourth-order valence-electron chi connectivity index (χ4n) is 2.18. The van der Waals surface area contributed by atoms with Gasteiger partial charge in [-0.15, -0.1) is 0 Å². The molecule has 2 fully saturated rings. The SMILES string of the molecule is CN1CC2C[C@@H](N)C2C1. The van der Waals surface area contributed by atoms with Gasteiger partial charge in [0.1, 0.15) is 0 Å². The molecule has 1 saturated heterocycles. The highest BCUT2D eigenvalue weighted by Gasteiger charge is 2.43. The Balaban J connectivity index is 2.00. The molecule has 1 aliphatic heterocycles. The second-order valence-electron chi connectivity index (χ2n) is 3.54. The quantitative estimate of drug-likeness (QED) is 0.491. The van der Waals surface area contributed by atoms with Crippen molar-refractivity contribution in [1.82, 2.24) is 4.90 Å². The summed E-state index contributed by atoms with van der Waals surface area (Å²) in [6.07, 6.45) is 1.27. The molecule has 0 aromatic rings. The molecule has 3 atom stereocenters. The minimum Gasteiger partial charge on any atom is -0.327 e. The van der Waals surface area contributed by atoms with Gasteiger partial charge in [-0.3, -0.25) is 0 Å². The Morgan fingerprint density at radius 3 is 2.67 bits per heavy atom. The normalized spacial score (nSPS) is 50.7. The maximum atomic E-state index is 5.80. The minimum atomic E-state index is 0.528. The third-order valence-electron chi connectivity index (χ3n) is 2.80. The van der Waals surface area contributed by atoms with Gasteiger partial charge in [0.2, 0.25) is 0 Å². The molecule has 1 heterocycles. The predicted octanol–water partition coefficient (Wildman–Crippen LogP) is -0.105. The highest BCUT2D eigenvalue weighted by atomic mass is 15.1. The maximum Gasteiger partial charge on any atom is 0.00857 e. The molecule has 2 N–H and O–H groups in total. The van der Waals surface area contributed by atoms with Crippen LogP contribution in [0.3, 0.4) is 0 Å². The van der Waals surface area contributed by atoms with Gasteiger partial charge in [-0.05, 0) is 25.3 Å². The molecular weight excluding hydrogens is 112 g/mol. The van der Waals surface area contributed by atoms with Crippen molar-refractivity contribution >= 4 is 0 Å². The van der Waals surface area contributed by atoms with Crippen molar-refractivity contribution in [1.29, 1.82) is 0 Å². The van der Waals surface area contributed by atoms with E-state index in [0.717, 1.165) is 11.8 Å². The van der Waals surface area contributed by atoms with E-state index in [2.05, 4.69) is 11.9 Å². The van der Waals surface area contributed by atoms with Crippen LogP contribution < -0.4 is 5.73 Å². The van der Waals surface area contributed by atoms with Crippen LogP contribution >= 0.6 is 0 Å². The van der Waals surface area contributed by atoms with Gasteiger partial charge >= 0.3 is 0 Å². The summed E-state index contributed by atoms with van der Waals surface area (Å²) < 4.78 is 0. The minimum absolute atomic E-state index is 0.528. The van der Waals surface area contributed by atoms with E-state index in [9.17, 15) is 0 Å². The fourth-order valence-corrected chi connectivity index (χ4v) is 2.18. The summed E-state index contributed by atoms with van der Waals surface area (Å²) in [5.41, 5.74) is 5.80. The molecule has 52 valence electrons. The first kappa shape index (κ1) is 5.69. The number of fused-ring (bicyclic) bond motifs is 1. The Morgan fingerprint density at radius 1 is 1.44 bits per heavy atom. The summed E-state index contributed by atoms with van der Waals surface area (Å²) in [6.45, 7) is 2.53. The average Bonchev–Trinajstić information content (AvgIpc) is 2.08. The van der Waals surface area contributed by atoms with Crippen molar-refractivity contribution in [2.75, 3.05) is 20.1 Å². The Bertz CT molecular complexity index is 124. The van der Waals surface area contributed by atoms with E-state index >= 15 is 0 Å². The van der Waals surface area contributed by atoms with E-state index in [0.29, 0.717) is 6.04 Å². The van der Waals surface area contributed by atoms with Gasteiger partial charge in [-0.25, -0.2) is 0 Å². The largest absolute Gasteiger partial charge is 0.327 e. The predicted molar refractivity (Wildman–Crippen MR) is 37.1 cm³/mol. The number of nitrogens with zero attached hydrogens (tertiary/aromatic N) is 1. The monoisotopic (exact) mass is 126 g/mol. The number of likely N-dealkylation sites (tertiary alicyclic amines) is 1. The van der Waals surface area contributed by atoms with Crippen molar-refractivity contribution in [2.45, 2.75) is 12.5 Å². The Labute approximate surface area is 56.0 Å². The summed E-state index contributed by atoms with van der Waals surface area (Å²) >= 11 is 0. The van der Waals surface area contributed by atoms with Crippen molar-refractivity contribution in [3.05, 3.63) is 0 Å². The molecule has 0 radical (unpaired) electrons. The molecule has 0 spiro atoms. The van der Waals surface area contributed by atoms with Gasteiger partial charge in [-0.1, -0.05) is 0 Å². The van der Waals surface area contributed by atoms with Gasteiger partial charge in [0, 0.05) is 19.1 Å². The molecule has 0 aromatic heterocycles. The van der Waals surface area contributed by atoms with Gasteiger partial charge in [-0.2, -0.15) is 0 Å². The van der Waals surface area contributed by atoms with Gasteiger partial charge < -0.3 is 10.6 Å². The van der Waals surface area contributed by atoms with Gasteiger partial charge in [0.15, 0.2) is 0 Å². The Hall–Kier alpha value is -0.0800. The fraction of sp³-hybridized carbons (Fsp3) is 1.00. The molecule has 2 nitrogen and oxygen atoms in total. The summed E-state index contributed by atoms with van der Waals surface area (Å²) in [7, 11) is 2.19. The molecule has 2 unspecified atom stereocenters. The number of nitrogens with two attached hydrogens (primary N) is 1. The maximum absolute atomic E-state index is 5.80. The molecule has 0 bridgehead atoms. The lowest BCUT2D eigenvalue weighted by atomic mass is 9.72. The van der Waals surface area contributed by atoms with E-state index in [1.165, 1.54) is 19.5 Å². The summed E-state index contributed by atoms with van der Waals surface area (Å²) in [4.78, 5) is 2.39. The highest BCUT2D eigenvalue weighted by Crippen LogP contribution is 2.38. The van der Waals surface area contributed by atoms with Crippen LogP contribution in [-0.2, 0) is 0 Å². The second kappa shape index (κ2) is 1.70. The molecule has 2 heteroatoms. The smallest absolute Gasteiger partial charge is 0.00857 e. The van der Waals surface area contributed by atoms with Crippen molar-refractivity contribution in [2.24, 2.45) is 17.6 Å². The Morgan fingerprint density at radius 2 is 2.22 bits per heavy atom. The molecule has 2 rings (SSSR count). The zero-order chi connectivity index (χ0) is 6.43. The zero-order valence-electron chi connectivity index (χ0n) is 5.88. The van der Waals surface area contributed by atoms with Crippen molar-refractivity contribution in [3.63, 3.8) is 0 Å². The average molecular weight is 126 g/mol. The van der Waals surface area contributed by atoms with E-state index < -0.39 is 0 Å². The van der Waals surface area contributed by atoms with E-state index in [1.807, 2.05) is 0 Å². The third kappa shape index (κ3) is 0.700. The first-order valence-corrected chi connectivity index (χ1v) is 3.71. The number of rotatable bonds is 0. The van der Waals surface area contributed by atoms with Crippen molar-refractivity contribution in [3.8, 4) is 0 Å². The van der Waals surface area contributed by atoms with Crippen LogP contribution in [0.25, 0.3) is 0 Å². The lowest BCUT2D eigenvalue weighted by molar-refractivity contribution is 0.194. The highest BCUT2D eigenvalue weighted by molar-refractivity contribution is 4.98. The number of hydrogen-bond acceptors (Lipinski definition) is 2. The lowest BCUT2D eigenvalue weighted by Gasteiger charge is -2.36. The molecule has 1 aliphatic carbocycles. The Kier molecular flexibility index (Phi) is 1.08. The lowest BCUT2D eigenvalue weighted by Crippen LogP contribution is -2.46. The van der Waals surface area contributed by atoms with Crippen LogP contribution in [0.4, 0.5) is 0 Å². The van der Waals surface area contributed by atoms with Crippen LogP contribution in [0.5, 0.6) is 0 Å². The molecular formula is C7H14N2. The van der Waals surface area contributed by atoms with Crippen LogP contribution in [-0.4, -0.2) is 31.1 Å². The van der Waals surface area contributed by atoms with Crippen LogP contribution in [0.15, 0.2) is 0 Å². The first-order chi connectivity index (χ1) is 4.27. The van der Waals surface area contributed by atoms with Gasteiger partial charge in [0.05, 0.1) is 0 Å². The molecule has 2 aliphatic rings. The number of hydrogen-bond donors (Lipinski definition) is 1. The molecule has 0 aromatic carbocycles. The van der Waals surface area contributed by atoms with Crippen LogP contribution in [0, 0.1) is 11.8 Å². The standard InChI is InChI=1S/C7H14N2/c1-9-3-5-2-7(8)6(5)4-9/h5-7H,2-4,8H2,1H3/t5?,6?,7-/m1/s1. The molecule has 9 heavy (non-hydrogen) atoms. The zero-order valence-corrected chi connectivity index (χ0v) is 5.88. The first-order valence-electron chi connectivity index (χ1n) is 3.71. The molecule has 0 amide bonds. The molecule has 1 saturated carbocycles. The van der Waals surface area contributed by atoms with E-state index in [1.54, 1.807) is 0 Å². The van der Waals surface area contributed by atoms with Crippen LogP contribution in [0.1, 0.15) is 6.42 Å². The topological polar surface area (TPSA) is 29.3 Å². The summed E-state index contributed by atoms with van der Waals surface area (Å²) in [5, 5.41) is 0. The van der Waals surface area contributed by atoms with Crippen molar-refractivity contribution < 1.29 is 0 Å².